The molecular weight excluding hydrogens is 220 g/mol. The molecule has 3 aliphatic rings. The molecule has 2 heteroatoms. The van der Waals surface area contributed by atoms with Crippen molar-refractivity contribution in [1.29, 1.82) is 0 Å². The number of nitrogens with zero attached hydrogens (tertiary/aromatic N) is 1. The molecular formula is C16H30N2. The van der Waals surface area contributed by atoms with Crippen LogP contribution in [0.1, 0.15) is 58.8 Å². The van der Waals surface area contributed by atoms with Gasteiger partial charge in [-0.3, -0.25) is 4.90 Å². The highest BCUT2D eigenvalue weighted by Gasteiger charge is 2.38. The van der Waals surface area contributed by atoms with Gasteiger partial charge in [-0.2, -0.15) is 0 Å². The van der Waals surface area contributed by atoms with Crippen molar-refractivity contribution in [2.45, 2.75) is 76.9 Å². The molecule has 2 saturated carbocycles. The summed E-state index contributed by atoms with van der Waals surface area (Å²) in [6, 6.07) is 2.45. The second-order valence-electron chi connectivity index (χ2n) is 6.99. The Labute approximate surface area is 113 Å². The van der Waals surface area contributed by atoms with E-state index in [9.17, 15) is 0 Å². The monoisotopic (exact) mass is 250 g/mol. The summed E-state index contributed by atoms with van der Waals surface area (Å²) in [5, 5.41) is 3.78. The Hall–Kier alpha value is -0.0800. The molecule has 0 aromatic heterocycles. The first-order valence-electron chi connectivity index (χ1n) is 8.27. The molecule has 0 radical (unpaired) electrons. The summed E-state index contributed by atoms with van der Waals surface area (Å²) in [4.78, 5) is 2.86. The molecule has 0 spiro atoms. The van der Waals surface area contributed by atoms with Gasteiger partial charge in [-0.1, -0.05) is 26.2 Å². The topological polar surface area (TPSA) is 15.3 Å². The molecule has 0 aromatic carbocycles. The standard InChI is InChI=1S/C16H30N2/c1-3-13-5-4-6-15(9-13)18-11-16(14-7-8-14)17-10-12(18)2/h12-17H,3-11H2,1-2H3. The Kier molecular flexibility index (Phi) is 3.95. The lowest BCUT2D eigenvalue weighted by molar-refractivity contribution is 0.0517. The van der Waals surface area contributed by atoms with Crippen LogP contribution in [0, 0.1) is 11.8 Å². The highest BCUT2D eigenvalue weighted by molar-refractivity contribution is 4.96. The van der Waals surface area contributed by atoms with Crippen LogP contribution in [0.2, 0.25) is 0 Å². The van der Waals surface area contributed by atoms with E-state index in [1.54, 1.807) is 0 Å². The maximum absolute atomic E-state index is 3.78. The molecule has 3 fully saturated rings. The van der Waals surface area contributed by atoms with Crippen LogP contribution in [0.25, 0.3) is 0 Å². The van der Waals surface area contributed by atoms with Crippen molar-refractivity contribution in [3.8, 4) is 0 Å². The zero-order valence-electron chi connectivity index (χ0n) is 12.2. The fourth-order valence-corrected chi connectivity index (χ4v) is 4.17. The molecule has 4 unspecified atom stereocenters. The number of rotatable bonds is 3. The number of nitrogens with one attached hydrogen (secondary N) is 1. The first-order valence-corrected chi connectivity index (χ1v) is 8.27. The number of hydrogen-bond donors (Lipinski definition) is 1. The van der Waals surface area contributed by atoms with E-state index in [1.807, 2.05) is 0 Å². The normalized spacial score (nSPS) is 43.0. The van der Waals surface area contributed by atoms with Crippen molar-refractivity contribution < 1.29 is 0 Å². The molecule has 3 rings (SSSR count). The minimum atomic E-state index is 0.751. The predicted molar refractivity (Wildman–Crippen MR) is 76.7 cm³/mol. The SMILES string of the molecule is CCC1CCCC(N2CC(C3CC3)NCC2C)C1. The van der Waals surface area contributed by atoms with Gasteiger partial charge in [-0.05, 0) is 44.4 Å². The molecule has 0 aromatic rings. The average Bonchev–Trinajstić information content (AvgIpc) is 3.24. The third kappa shape index (κ3) is 2.75. The van der Waals surface area contributed by atoms with E-state index < -0.39 is 0 Å². The van der Waals surface area contributed by atoms with Crippen LogP contribution in [-0.4, -0.2) is 36.1 Å². The van der Waals surface area contributed by atoms with Gasteiger partial charge in [0, 0.05) is 31.2 Å². The Balaban J connectivity index is 1.61. The van der Waals surface area contributed by atoms with Crippen molar-refractivity contribution in [1.82, 2.24) is 10.2 Å². The maximum Gasteiger partial charge on any atom is 0.0224 e. The van der Waals surface area contributed by atoms with E-state index in [0.29, 0.717) is 0 Å². The average molecular weight is 250 g/mol. The van der Waals surface area contributed by atoms with E-state index in [4.69, 9.17) is 0 Å². The summed E-state index contributed by atoms with van der Waals surface area (Å²) in [6.45, 7) is 7.34. The predicted octanol–water partition coefficient (Wildman–Crippen LogP) is 3.03. The Bertz CT molecular complexity index is 274. The van der Waals surface area contributed by atoms with E-state index in [1.165, 1.54) is 58.0 Å². The van der Waals surface area contributed by atoms with Crippen LogP contribution in [0.5, 0.6) is 0 Å². The third-order valence-electron chi connectivity index (χ3n) is 5.64. The summed E-state index contributed by atoms with van der Waals surface area (Å²) < 4.78 is 0. The van der Waals surface area contributed by atoms with Gasteiger partial charge in [0.1, 0.15) is 0 Å². The molecule has 4 atom stereocenters. The third-order valence-corrected chi connectivity index (χ3v) is 5.64. The lowest BCUT2D eigenvalue weighted by Gasteiger charge is -2.46. The van der Waals surface area contributed by atoms with Gasteiger partial charge in [0.15, 0.2) is 0 Å². The fourth-order valence-electron chi connectivity index (χ4n) is 4.17. The van der Waals surface area contributed by atoms with Gasteiger partial charge < -0.3 is 5.32 Å². The molecule has 2 aliphatic carbocycles. The van der Waals surface area contributed by atoms with E-state index in [2.05, 4.69) is 24.1 Å². The van der Waals surface area contributed by atoms with Crippen molar-refractivity contribution in [2.75, 3.05) is 13.1 Å². The first kappa shape index (κ1) is 12.9. The van der Waals surface area contributed by atoms with Crippen LogP contribution in [0.15, 0.2) is 0 Å². The van der Waals surface area contributed by atoms with Crippen LogP contribution < -0.4 is 5.32 Å². The molecule has 18 heavy (non-hydrogen) atoms. The van der Waals surface area contributed by atoms with E-state index >= 15 is 0 Å². The van der Waals surface area contributed by atoms with Crippen LogP contribution in [0.4, 0.5) is 0 Å². The summed E-state index contributed by atoms with van der Waals surface area (Å²) in [6.07, 6.45) is 10.2. The number of hydrogen-bond acceptors (Lipinski definition) is 2. The van der Waals surface area contributed by atoms with Gasteiger partial charge in [-0.25, -0.2) is 0 Å². The van der Waals surface area contributed by atoms with Crippen LogP contribution >= 0.6 is 0 Å². The van der Waals surface area contributed by atoms with Gasteiger partial charge in [0.2, 0.25) is 0 Å². The quantitative estimate of drug-likeness (QED) is 0.828. The minimum absolute atomic E-state index is 0.751. The molecule has 0 amide bonds. The van der Waals surface area contributed by atoms with Crippen LogP contribution in [-0.2, 0) is 0 Å². The van der Waals surface area contributed by atoms with Gasteiger partial charge in [0.25, 0.3) is 0 Å². The zero-order chi connectivity index (χ0) is 12.5. The van der Waals surface area contributed by atoms with Crippen molar-refractivity contribution in [3.63, 3.8) is 0 Å². The first-order chi connectivity index (χ1) is 8.78. The fraction of sp³-hybridized carbons (Fsp3) is 1.00. The Morgan fingerprint density at radius 1 is 1.17 bits per heavy atom. The molecule has 1 aliphatic heterocycles. The Morgan fingerprint density at radius 3 is 2.72 bits per heavy atom. The lowest BCUT2D eigenvalue weighted by Crippen LogP contribution is -2.59. The molecule has 1 saturated heterocycles. The summed E-state index contributed by atoms with van der Waals surface area (Å²) >= 11 is 0. The second kappa shape index (κ2) is 5.50. The van der Waals surface area contributed by atoms with E-state index in [-0.39, 0.29) is 0 Å². The Morgan fingerprint density at radius 2 is 2.00 bits per heavy atom. The maximum atomic E-state index is 3.78. The molecule has 1 heterocycles. The molecule has 0 bridgehead atoms. The van der Waals surface area contributed by atoms with Crippen molar-refractivity contribution in [3.05, 3.63) is 0 Å². The molecule has 1 N–H and O–H groups in total. The van der Waals surface area contributed by atoms with Crippen molar-refractivity contribution >= 4 is 0 Å². The van der Waals surface area contributed by atoms with Crippen molar-refractivity contribution in [2.24, 2.45) is 11.8 Å². The smallest absolute Gasteiger partial charge is 0.0224 e. The van der Waals surface area contributed by atoms with Gasteiger partial charge in [-0.15, -0.1) is 0 Å². The highest BCUT2D eigenvalue weighted by Crippen LogP contribution is 2.36. The van der Waals surface area contributed by atoms with Gasteiger partial charge >= 0.3 is 0 Å². The summed E-state index contributed by atoms with van der Waals surface area (Å²) in [5.74, 6) is 2.01. The molecule has 2 nitrogen and oxygen atoms in total. The van der Waals surface area contributed by atoms with Gasteiger partial charge in [0.05, 0.1) is 0 Å². The largest absolute Gasteiger partial charge is 0.311 e. The van der Waals surface area contributed by atoms with Crippen LogP contribution in [0.3, 0.4) is 0 Å². The summed E-state index contributed by atoms with van der Waals surface area (Å²) in [7, 11) is 0. The minimum Gasteiger partial charge on any atom is -0.311 e. The molecule has 104 valence electrons. The highest BCUT2D eigenvalue weighted by atomic mass is 15.3. The van der Waals surface area contributed by atoms with E-state index in [0.717, 1.165) is 30.0 Å². The lowest BCUT2D eigenvalue weighted by atomic mass is 9.82. The zero-order valence-corrected chi connectivity index (χ0v) is 12.2. The second-order valence-corrected chi connectivity index (χ2v) is 6.99. The summed E-state index contributed by atoms with van der Waals surface area (Å²) in [5.41, 5.74) is 0. The number of piperazine rings is 1.